The predicted molar refractivity (Wildman–Crippen MR) is 155 cm³/mol. The van der Waals surface area contributed by atoms with Crippen LogP contribution in [0.1, 0.15) is 57.5 Å². The molecule has 0 saturated carbocycles. The van der Waals surface area contributed by atoms with Crippen LogP contribution in [0, 0.1) is 0 Å². The second-order valence-corrected chi connectivity index (χ2v) is 12.8. The molecule has 4 amide bonds. The van der Waals surface area contributed by atoms with Crippen LogP contribution in [-0.2, 0) is 29.5 Å². The van der Waals surface area contributed by atoms with E-state index in [-0.39, 0.29) is 29.1 Å². The molecule has 0 fully saturated rings. The first-order valence-electron chi connectivity index (χ1n) is 13.0. The van der Waals surface area contributed by atoms with E-state index in [4.69, 9.17) is 5.73 Å². The highest BCUT2D eigenvalue weighted by Crippen LogP contribution is 2.38. The summed E-state index contributed by atoms with van der Waals surface area (Å²) in [6, 6.07) is 14.3. The quantitative estimate of drug-likeness (QED) is 0.350. The summed E-state index contributed by atoms with van der Waals surface area (Å²) in [5.41, 5.74) is 7.30. The summed E-state index contributed by atoms with van der Waals surface area (Å²) < 4.78 is 27.9. The summed E-state index contributed by atoms with van der Waals surface area (Å²) in [6.07, 6.45) is 0.588. The Labute approximate surface area is 238 Å². The summed E-state index contributed by atoms with van der Waals surface area (Å²) in [5.74, 6) is -1.18. The summed E-state index contributed by atoms with van der Waals surface area (Å²) in [7, 11) is -3.79. The molecular weight excluding hydrogens is 550 g/mol. The molecule has 0 saturated heterocycles. The highest BCUT2D eigenvalue weighted by molar-refractivity contribution is 7.89. The summed E-state index contributed by atoms with van der Waals surface area (Å²) in [4.78, 5) is 40.7. The molecule has 2 heterocycles. The van der Waals surface area contributed by atoms with E-state index in [1.807, 2.05) is 30.3 Å². The fourth-order valence-corrected chi connectivity index (χ4v) is 7.33. The fraction of sp³-hybridized carbons (Fsp3) is 0.321. The van der Waals surface area contributed by atoms with E-state index in [0.29, 0.717) is 24.0 Å². The number of urea groups is 1. The van der Waals surface area contributed by atoms with E-state index in [1.54, 1.807) is 6.92 Å². The lowest BCUT2D eigenvalue weighted by molar-refractivity contribution is 0.0965. The van der Waals surface area contributed by atoms with E-state index in [2.05, 4.69) is 29.4 Å². The number of rotatable bonds is 9. The number of amides is 4. The number of nitrogens with one attached hydrogen (secondary N) is 2. The van der Waals surface area contributed by atoms with Crippen LogP contribution in [0.2, 0.25) is 0 Å². The van der Waals surface area contributed by atoms with Crippen LogP contribution < -0.4 is 16.4 Å². The number of imide groups is 1. The number of nitrogens with two attached hydrogens (primary N) is 1. The number of hydrogen-bond donors (Lipinski definition) is 3. The normalized spacial score (nSPS) is 13.7. The van der Waals surface area contributed by atoms with Crippen LogP contribution in [0.3, 0.4) is 0 Å². The van der Waals surface area contributed by atoms with E-state index in [1.165, 1.54) is 39.9 Å². The van der Waals surface area contributed by atoms with Gasteiger partial charge in [0.2, 0.25) is 10.0 Å². The van der Waals surface area contributed by atoms with Gasteiger partial charge in [-0.25, -0.2) is 13.2 Å². The Bertz CT molecular complexity index is 1500. The van der Waals surface area contributed by atoms with Gasteiger partial charge in [-0.3, -0.25) is 19.8 Å². The summed E-state index contributed by atoms with van der Waals surface area (Å²) in [5, 5.41) is 5.22. The van der Waals surface area contributed by atoms with Gasteiger partial charge >= 0.3 is 6.03 Å². The average Bonchev–Trinajstić information content (AvgIpc) is 3.28. The maximum absolute atomic E-state index is 13.3. The number of anilines is 1. The number of sulfonamides is 1. The van der Waals surface area contributed by atoms with Crippen molar-refractivity contribution in [2.75, 3.05) is 18.4 Å². The molecule has 10 nitrogen and oxygen atoms in total. The van der Waals surface area contributed by atoms with Gasteiger partial charge in [0.15, 0.2) is 0 Å². The smallest absolute Gasteiger partial charge is 0.319 e. The third-order valence-electron chi connectivity index (χ3n) is 6.82. The number of carbonyl (C=O) groups is 3. The van der Waals surface area contributed by atoms with Gasteiger partial charge < -0.3 is 11.1 Å². The topological polar surface area (TPSA) is 142 Å². The molecule has 1 aliphatic heterocycles. The lowest BCUT2D eigenvalue weighted by atomic mass is 10.0. The standard InChI is InChI=1S/C28H33N5O5S2/c1-4-33(16-19-8-6-5-7-9-19)40(37,38)21-12-10-20(11-13-21)25(34)30-27-24(26(35)31-28(29)36)22-14-15-32(18(2)3)17-23(22)39-27/h5-13,18H,4,14-17H2,1-3H3,(H,30,34)(H3,29,31,35,36). The van der Waals surface area contributed by atoms with Gasteiger partial charge in [0.25, 0.3) is 11.8 Å². The van der Waals surface area contributed by atoms with Gasteiger partial charge in [0.05, 0.1) is 10.5 Å². The second-order valence-electron chi connectivity index (χ2n) is 9.74. The Kier molecular flexibility index (Phi) is 9.04. The van der Waals surface area contributed by atoms with Crippen LogP contribution in [0.15, 0.2) is 59.5 Å². The third kappa shape index (κ3) is 6.41. The zero-order valence-electron chi connectivity index (χ0n) is 22.6. The van der Waals surface area contributed by atoms with Crippen molar-refractivity contribution < 1.29 is 22.8 Å². The molecular formula is C28H33N5O5S2. The van der Waals surface area contributed by atoms with Gasteiger partial charge in [-0.15, -0.1) is 11.3 Å². The first kappa shape index (κ1) is 29.4. The van der Waals surface area contributed by atoms with E-state index in [0.717, 1.165) is 22.5 Å². The minimum absolute atomic E-state index is 0.0729. The number of fused-ring (bicyclic) bond motifs is 1. The molecule has 1 aliphatic rings. The first-order valence-corrected chi connectivity index (χ1v) is 15.2. The van der Waals surface area contributed by atoms with E-state index >= 15 is 0 Å². The van der Waals surface area contributed by atoms with Crippen molar-refractivity contribution in [2.24, 2.45) is 5.73 Å². The van der Waals surface area contributed by atoms with Crippen molar-refractivity contribution >= 4 is 44.2 Å². The molecule has 1 aromatic heterocycles. The Balaban J connectivity index is 1.56. The molecule has 0 unspecified atom stereocenters. The molecule has 3 aromatic rings. The van der Waals surface area contributed by atoms with Crippen LogP contribution >= 0.6 is 11.3 Å². The molecule has 2 aromatic carbocycles. The van der Waals surface area contributed by atoms with Gasteiger partial charge in [0.1, 0.15) is 5.00 Å². The zero-order valence-corrected chi connectivity index (χ0v) is 24.3. The fourth-order valence-electron chi connectivity index (χ4n) is 4.62. The monoisotopic (exact) mass is 583 g/mol. The second kappa shape index (κ2) is 12.3. The summed E-state index contributed by atoms with van der Waals surface area (Å²) in [6.45, 7) is 7.83. The largest absolute Gasteiger partial charge is 0.351 e. The zero-order chi connectivity index (χ0) is 29.0. The average molecular weight is 584 g/mol. The predicted octanol–water partition coefficient (Wildman–Crippen LogP) is 3.79. The number of benzene rings is 2. The number of nitrogens with zero attached hydrogens (tertiary/aromatic N) is 2. The van der Waals surface area contributed by atoms with Gasteiger partial charge in [-0.1, -0.05) is 37.3 Å². The Hall–Kier alpha value is -3.58. The van der Waals surface area contributed by atoms with E-state index in [9.17, 15) is 22.8 Å². The lowest BCUT2D eigenvalue weighted by Gasteiger charge is -2.30. The number of carbonyl (C=O) groups excluding carboxylic acids is 3. The molecule has 212 valence electrons. The van der Waals surface area contributed by atoms with Gasteiger partial charge in [-0.05, 0) is 55.7 Å². The highest BCUT2D eigenvalue weighted by Gasteiger charge is 2.30. The molecule has 40 heavy (non-hydrogen) atoms. The first-order chi connectivity index (χ1) is 19.0. The van der Waals surface area contributed by atoms with Crippen molar-refractivity contribution in [3.8, 4) is 0 Å². The Morgan fingerprint density at radius 2 is 1.73 bits per heavy atom. The molecule has 0 atom stereocenters. The van der Waals surface area contributed by atoms with Crippen LogP contribution in [0.25, 0.3) is 0 Å². The van der Waals surface area contributed by atoms with Crippen molar-refractivity contribution in [3.63, 3.8) is 0 Å². The third-order valence-corrected chi connectivity index (χ3v) is 9.88. The van der Waals surface area contributed by atoms with Crippen molar-refractivity contribution in [1.82, 2.24) is 14.5 Å². The molecule has 12 heteroatoms. The number of hydrogen-bond acceptors (Lipinski definition) is 7. The van der Waals surface area contributed by atoms with Gasteiger partial charge in [0, 0.05) is 42.7 Å². The summed E-state index contributed by atoms with van der Waals surface area (Å²) >= 11 is 1.29. The van der Waals surface area contributed by atoms with Crippen LogP contribution in [0.4, 0.5) is 9.80 Å². The molecule has 0 radical (unpaired) electrons. The number of thiophene rings is 1. The molecule has 4 N–H and O–H groups in total. The molecule has 0 aliphatic carbocycles. The molecule has 0 bridgehead atoms. The lowest BCUT2D eigenvalue weighted by Crippen LogP contribution is -2.38. The van der Waals surface area contributed by atoms with Crippen molar-refractivity contribution in [1.29, 1.82) is 0 Å². The molecule has 0 spiro atoms. The van der Waals surface area contributed by atoms with Gasteiger partial charge in [-0.2, -0.15) is 4.31 Å². The highest BCUT2D eigenvalue weighted by atomic mass is 32.2. The minimum atomic E-state index is -3.79. The number of primary amides is 1. The van der Waals surface area contributed by atoms with Crippen molar-refractivity contribution in [2.45, 2.75) is 51.2 Å². The van der Waals surface area contributed by atoms with Crippen molar-refractivity contribution in [3.05, 3.63) is 81.7 Å². The van der Waals surface area contributed by atoms with Crippen LogP contribution in [0.5, 0.6) is 0 Å². The Morgan fingerprint density at radius 1 is 1.05 bits per heavy atom. The molecule has 4 rings (SSSR count). The SMILES string of the molecule is CCN(Cc1ccccc1)S(=O)(=O)c1ccc(C(=O)Nc2sc3c(c2C(=O)NC(N)=O)CCN(C(C)C)C3)cc1. The maximum atomic E-state index is 13.3. The Morgan fingerprint density at radius 3 is 2.33 bits per heavy atom. The van der Waals surface area contributed by atoms with Crippen LogP contribution in [-0.4, -0.2) is 54.6 Å². The maximum Gasteiger partial charge on any atom is 0.319 e. The van der Waals surface area contributed by atoms with E-state index < -0.39 is 27.9 Å². The minimum Gasteiger partial charge on any atom is -0.351 e.